The second-order valence-electron chi connectivity index (χ2n) is 2.81. The Labute approximate surface area is 78.5 Å². The number of aliphatic hydroxyl groups is 1. The second-order valence-corrected chi connectivity index (χ2v) is 2.81. The van der Waals surface area contributed by atoms with Crippen molar-refractivity contribution in [3.63, 3.8) is 0 Å². The highest BCUT2D eigenvalue weighted by Crippen LogP contribution is 2.17. The van der Waals surface area contributed by atoms with E-state index in [4.69, 9.17) is 9.84 Å². The van der Waals surface area contributed by atoms with Crippen LogP contribution in [0.1, 0.15) is 11.1 Å². The number of aryl methyl sites for hydroxylation is 1. The molecule has 1 rings (SSSR count). The van der Waals surface area contributed by atoms with Crippen molar-refractivity contribution in [3.8, 4) is 5.75 Å². The third-order valence-corrected chi connectivity index (χ3v) is 1.89. The first-order valence-corrected chi connectivity index (χ1v) is 4.20. The van der Waals surface area contributed by atoms with Crippen LogP contribution < -0.4 is 4.74 Å². The largest absolute Gasteiger partial charge is 0.497 e. The molecule has 2 nitrogen and oxygen atoms in total. The number of benzene rings is 1. The van der Waals surface area contributed by atoms with Crippen molar-refractivity contribution < 1.29 is 9.84 Å². The van der Waals surface area contributed by atoms with Crippen LogP contribution in [-0.2, 0) is 0 Å². The van der Waals surface area contributed by atoms with Gasteiger partial charge in [0.05, 0.1) is 13.7 Å². The summed E-state index contributed by atoms with van der Waals surface area (Å²) >= 11 is 0. The maximum Gasteiger partial charge on any atom is 0.119 e. The predicted octanol–water partition coefficient (Wildman–Crippen LogP) is 2.01. The van der Waals surface area contributed by atoms with E-state index in [1.807, 2.05) is 31.2 Å². The van der Waals surface area contributed by atoms with Crippen molar-refractivity contribution >= 4 is 6.08 Å². The minimum Gasteiger partial charge on any atom is -0.497 e. The molecule has 0 heterocycles. The lowest BCUT2D eigenvalue weighted by Crippen LogP contribution is -1.86. The fraction of sp³-hybridized carbons (Fsp3) is 0.273. The standard InChI is InChI=1S/C11H14O2/c1-9-5-6-11(13-2)8-10(9)4-3-7-12/h3-6,8,12H,7H2,1-2H3. The van der Waals surface area contributed by atoms with E-state index < -0.39 is 0 Å². The Kier molecular flexibility index (Phi) is 3.53. The molecule has 0 amide bonds. The van der Waals surface area contributed by atoms with Crippen LogP contribution in [0.4, 0.5) is 0 Å². The first kappa shape index (κ1) is 9.81. The van der Waals surface area contributed by atoms with E-state index in [2.05, 4.69) is 0 Å². The Balaban J connectivity index is 2.97. The maximum atomic E-state index is 8.63. The zero-order valence-electron chi connectivity index (χ0n) is 7.95. The van der Waals surface area contributed by atoms with Gasteiger partial charge in [-0.3, -0.25) is 0 Å². The molecule has 2 heteroatoms. The molecule has 0 atom stereocenters. The topological polar surface area (TPSA) is 29.5 Å². The van der Waals surface area contributed by atoms with Gasteiger partial charge in [-0.05, 0) is 30.2 Å². The summed E-state index contributed by atoms with van der Waals surface area (Å²) in [6, 6.07) is 5.86. The Morgan fingerprint density at radius 2 is 2.23 bits per heavy atom. The van der Waals surface area contributed by atoms with Crippen LogP contribution in [-0.4, -0.2) is 18.8 Å². The molecule has 0 unspecified atom stereocenters. The van der Waals surface area contributed by atoms with Crippen molar-refractivity contribution in [1.82, 2.24) is 0 Å². The fourth-order valence-electron chi connectivity index (χ4n) is 1.10. The molecule has 0 aliphatic rings. The van der Waals surface area contributed by atoms with Gasteiger partial charge in [0, 0.05) is 0 Å². The van der Waals surface area contributed by atoms with Crippen molar-refractivity contribution in [2.75, 3.05) is 13.7 Å². The number of aliphatic hydroxyl groups excluding tert-OH is 1. The van der Waals surface area contributed by atoms with Gasteiger partial charge < -0.3 is 9.84 Å². The highest BCUT2D eigenvalue weighted by atomic mass is 16.5. The average molecular weight is 178 g/mol. The molecule has 0 bridgehead atoms. The molecule has 1 aromatic rings. The molecule has 0 aliphatic heterocycles. The summed E-state index contributed by atoms with van der Waals surface area (Å²) in [7, 11) is 1.64. The monoisotopic (exact) mass is 178 g/mol. The van der Waals surface area contributed by atoms with Gasteiger partial charge in [-0.25, -0.2) is 0 Å². The lowest BCUT2D eigenvalue weighted by Gasteiger charge is -2.03. The highest BCUT2D eigenvalue weighted by Gasteiger charge is 1.96. The smallest absolute Gasteiger partial charge is 0.119 e. The normalized spacial score (nSPS) is 10.7. The van der Waals surface area contributed by atoms with Crippen LogP contribution in [0, 0.1) is 6.92 Å². The van der Waals surface area contributed by atoms with Crippen molar-refractivity contribution in [1.29, 1.82) is 0 Å². The molecular formula is C11H14O2. The molecule has 0 saturated carbocycles. The van der Waals surface area contributed by atoms with E-state index in [9.17, 15) is 0 Å². The van der Waals surface area contributed by atoms with Crippen LogP contribution in [0.15, 0.2) is 24.3 Å². The third-order valence-electron chi connectivity index (χ3n) is 1.89. The molecule has 1 N–H and O–H groups in total. The van der Waals surface area contributed by atoms with E-state index in [0.717, 1.165) is 11.3 Å². The molecule has 0 aromatic heterocycles. The summed E-state index contributed by atoms with van der Waals surface area (Å²) in [5.41, 5.74) is 2.25. The van der Waals surface area contributed by atoms with Gasteiger partial charge in [-0.1, -0.05) is 18.2 Å². The van der Waals surface area contributed by atoms with Crippen LogP contribution in [0.25, 0.3) is 6.08 Å². The summed E-state index contributed by atoms with van der Waals surface area (Å²) in [6.07, 6.45) is 3.60. The van der Waals surface area contributed by atoms with Gasteiger partial charge in [-0.15, -0.1) is 0 Å². The van der Waals surface area contributed by atoms with Crippen LogP contribution in [0.2, 0.25) is 0 Å². The maximum absolute atomic E-state index is 8.63. The number of ether oxygens (including phenoxy) is 1. The Morgan fingerprint density at radius 1 is 1.46 bits per heavy atom. The molecule has 70 valence electrons. The van der Waals surface area contributed by atoms with Crippen molar-refractivity contribution in [2.24, 2.45) is 0 Å². The van der Waals surface area contributed by atoms with Crippen LogP contribution >= 0.6 is 0 Å². The zero-order valence-corrected chi connectivity index (χ0v) is 7.95. The number of rotatable bonds is 3. The molecule has 0 radical (unpaired) electrons. The van der Waals surface area contributed by atoms with E-state index in [1.165, 1.54) is 5.56 Å². The van der Waals surface area contributed by atoms with E-state index in [-0.39, 0.29) is 6.61 Å². The molecular weight excluding hydrogens is 164 g/mol. The first-order chi connectivity index (χ1) is 6.27. The fourth-order valence-corrected chi connectivity index (χ4v) is 1.10. The van der Waals surface area contributed by atoms with Gasteiger partial charge in [-0.2, -0.15) is 0 Å². The highest BCUT2D eigenvalue weighted by molar-refractivity contribution is 5.55. The number of methoxy groups -OCH3 is 1. The van der Waals surface area contributed by atoms with E-state index >= 15 is 0 Å². The molecule has 1 aromatic carbocycles. The average Bonchev–Trinajstić information content (AvgIpc) is 2.17. The summed E-state index contributed by atoms with van der Waals surface area (Å²) in [6.45, 7) is 2.09. The molecule has 13 heavy (non-hydrogen) atoms. The lowest BCUT2D eigenvalue weighted by atomic mass is 10.1. The van der Waals surface area contributed by atoms with Gasteiger partial charge in [0.15, 0.2) is 0 Å². The third kappa shape index (κ3) is 2.60. The van der Waals surface area contributed by atoms with Crippen molar-refractivity contribution in [2.45, 2.75) is 6.92 Å². The zero-order chi connectivity index (χ0) is 9.68. The molecule has 0 spiro atoms. The number of hydrogen-bond donors (Lipinski definition) is 1. The Hall–Kier alpha value is -1.28. The second kappa shape index (κ2) is 4.67. The van der Waals surface area contributed by atoms with Gasteiger partial charge in [0.1, 0.15) is 5.75 Å². The predicted molar refractivity (Wildman–Crippen MR) is 53.9 cm³/mol. The SMILES string of the molecule is COc1ccc(C)c(C=CCO)c1. The summed E-state index contributed by atoms with van der Waals surface area (Å²) in [5.74, 6) is 0.836. The van der Waals surface area contributed by atoms with E-state index in [1.54, 1.807) is 13.2 Å². The summed E-state index contributed by atoms with van der Waals surface area (Å²) in [5, 5.41) is 8.63. The summed E-state index contributed by atoms with van der Waals surface area (Å²) < 4.78 is 5.09. The van der Waals surface area contributed by atoms with Gasteiger partial charge in [0.25, 0.3) is 0 Å². The summed E-state index contributed by atoms with van der Waals surface area (Å²) in [4.78, 5) is 0. The van der Waals surface area contributed by atoms with E-state index in [0.29, 0.717) is 0 Å². The minimum absolute atomic E-state index is 0.0661. The van der Waals surface area contributed by atoms with Crippen molar-refractivity contribution in [3.05, 3.63) is 35.4 Å². The first-order valence-electron chi connectivity index (χ1n) is 4.20. The van der Waals surface area contributed by atoms with Gasteiger partial charge in [0.2, 0.25) is 0 Å². The number of hydrogen-bond acceptors (Lipinski definition) is 2. The van der Waals surface area contributed by atoms with Crippen LogP contribution in [0.3, 0.4) is 0 Å². The molecule has 0 saturated heterocycles. The molecule has 0 fully saturated rings. The van der Waals surface area contributed by atoms with Crippen LogP contribution in [0.5, 0.6) is 5.75 Å². The Morgan fingerprint density at radius 3 is 2.85 bits per heavy atom. The minimum atomic E-state index is 0.0661. The molecule has 0 aliphatic carbocycles. The van der Waals surface area contributed by atoms with Gasteiger partial charge >= 0.3 is 0 Å². The lowest BCUT2D eigenvalue weighted by molar-refractivity contribution is 0.343. The quantitative estimate of drug-likeness (QED) is 0.767. The Bertz CT molecular complexity index is 303.